The molecule has 0 unspecified atom stereocenters. The van der Waals surface area contributed by atoms with E-state index in [2.05, 4.69) is 34.2 Å². The van der Waals surface area contributed by atoms with Gasteiger partial charge in [0.25, 0.3) is 0 Å². The minimum atomic E-state index is 0.00761. The normalized spacial score (nSPS) is 19.9. The molecule has 0 bridgehead atoms. The number of imidazole rings is 1. The van der Waals surface area contributed by atoms with E-state index in [1.807, 2.05) is 34.1 Å². The first-order valence-corrected chi connectivity index (χ1v) is 9.60. The minimum Gasteiger partial charge on any atom is -0.337 e. The summed E-state index contributed by atoms with van der Waals surface area (Å²) in [5.41, 5.74) is 1.25. The summed E-state index contributed by atoms with van der Waals surface area (Å²) in [4.78, 5) is 25.2. The highest BCUT2D eigenvalue weighted by Gasteiger charge is 2.32. The molecule has 2 amide bonds. The SMILES string of the molecule is CN1CC[C@](C)(CNC(=O)N(CCCn2ccnc2)Cc2ccncc2)C1. The Hall–Kier alpha value is -2.41. The first-order chi connectivity index (χ1) is 13.0. The number of urea groups is 1. The molecule has 1 aliphatic heterocycles. The van der Waals surface area contributed by atoms with E-state index in [9.17, 15) is 4.79 Å². The molecule has 3 heterocycles. The summed E-state index contributed by atoms with van der Waals surface area (Å²) in [6, 6.07) is 3.93. The van der Waals surface area contributed by atoms with Crippen molar-refractivity contribution in [3.05, 3.63) is 48.8 Å². The third kappa shape index (κ3) is 5.79. The number of hydrogen-bond acceptors (Lipinski definition) is 4. The van der Waals surface area contributed by atoms with Crippen LogP contribution in [-0.4, -0.2) is 63.6 Å². The lowest BCUT2D eigenvalue weighted by Gasteiger charge is -2.28. The van der Waals surface area contributed by atoms with Crippen LogP contribution in [0.5, 0.6) is 0 Å². The molecule has 1 fully saturated rings. The number of hydrogen-bond donors (Lipinski definition) is 1. The molecule has 0 radical (unpaired) electrons. The maximum Gasteiger partial charge on any atom is 0.317 e. The van der Waals surface area contributed by atoms with E-state index in [0.29, 0.717) is 19.6 Å². The minimum absolute atomic E-state index is 0.00761. The van der Waals surface area contributed by atoms with E-state index in [1.165, 1.54) is 0 Å². The van der Waals surface area contributed by atoms with Gasteiger partial charge in [-0.05, 0) is 49.5 Å². The Balaban J connectivity index is 1.56. The second kappa shape index (κ2) is 8.99. The zero-order chi connectivity index (χ0) is 19.1. The first-order valence-electron chi connectivity index (χ1n) is 9.60. The molecule has 1 N–H and O–H groups in total. The summed E-state index contributed by atoms with van der Waals surface area (Å²) in [5.74, 6) is 0. The molecular weight excluding hydrogens is 340 g/mol. The van der Waals surface area contributed by atoms with Crippen molar-refractivity contribution in [2.45, 2.75) is 32.9 Å². The summed E-state index contributed by atoms with van der Waals surface area (Å²) < 4.78 is 2.04. The highest BCUT2D eigenvalue weighted by Crippen LogP contribution is 2.27. The molecule has 1 aliphatic rings. The number of pyridine rings is 1. The van der Waals surface area contributed by atoms with Crippen molar-refractivity contribution < 1.29 is 4.79 Å². The molecular formula is C20H30N6O. The van der Waals surface area contributed by atoms with Gasteiger partial charge in [0.1, 0.15) is 0 Å². The van der Waals surface area contributed by atoms with Crippen LogP contribution < -0.4 is 5.32 Å². The van der Waals surface area contributed by atoms with E-state index in [-0.39, 0.29) is 11.4 Å². The van der Waals surface area contributed by atoms with Crippen LogP contribution in [0.2, 0.25) is 0 Å². The highest BCUT2D eigenvalue weighted by atomic mass is 16.2. The average molecular weight is 371 g/mol. The zero-order valence-electron chi connectivity index (χ0n) is 16.3. The topological polar surface area (TPSA) is 66.3 Å². The van der Waals surface area contributed by atoms with Crippen molar-refractivity contribution in [1.29, 1.82) is 0 Å². The van der Waals surface area contributed by atoms with Gasteiger partial charge in [-0.2, -0.15) is 0 Å². The van der Waals surface area contributed by atoms with Crippen LogP contribution in [0.4, 0.5) is 4.79 Å². The van der Waals surface area contributed by atoms with Crippen LogP contribution in [0.15, 0.2) is 43.2 Å². The van der Waals surface area contributed by atoms with Gasteiger partial charge in [0, 0.05) is 57.5 Å². The van der Waals surface area contributed by atoms with E-state index in [0.717, 1.165) is 38.0 Å². The van der Waals surface area contributed by atoms with Crippen LogP contribution >= 0.6 is 0 Å². The molecule has 0 aromatic carbocycles. The Kier molecular flexibility index (Phi) is 6.45. The molecule has 1 atom stereocenters. The van der Waals surface area contributed by atoms with E-state index in [4.69, 9.17) is 0 Å². The van der Waals surface area contributed by atoms with Gasteiger partial charge in [-0.3, -0.25) is 4.98 Å². The monoisotopic (exact) mass is 370 g/mol. The fourth-order valence-corrected chi connectivity index (χ4v) is 3.64. The molecule has 0 aliphatic carbocycles. The van der Waals surface area contributed by atoms with E-state index >= 15 is 0 Å². The maximum absolute atomic E-state index is 12.9. The van der Waals surface area contributed by atoms with Crippen LogP contribution in [0.1, 0.15) is 25.3 Å². The lowest BCUT2D eigenvalue weighted by Crippen LogP contribution is -2.45. The van der Waals surface area contributed by atoms with Gasteiger partial charge in [-0.15, -0.1) is 0 Å². The lowest BCUT2D eigenvalue weighted by molar-refractivity contribution is 0.186. The average Bonchev–Trinajstić information content (AvgIpc) is 3.30. The summed E-state index contributed by atoms with van der Waals surface area (Å²) in [5, 5.41) is 3.18. The second-order valence-electron chi connectivity index (χ2n) is 7.89. The maximum atomic E-state index is 12.9. The number of nitrogens with zero attached hydrogens (tertiary/aromatic N) is 5. The van der Waals surface area contributed by atoms with Crippen molar-refractivity contribution in [2.24, 2.45) is 5.41 Å². The Labute approximate surface area is 161 Å². The largest absolute Gasteiger partial charge is 0.337 e. The Morgan fingerprint density at radius 1 is 1.30 bits per heavy atom. The van der Waals surface area contributed by atoms with Gasteiger partial charge in [-0.25, -0.2) is 9.78 Å². The fourth-order valence-electron chi connectivity index (χ4n) is 3.64. The molecule has 1 saturated heterocycles. The third-order valence-corrected chi connectivity index (χ3v) is 5.23. The van der Waals surface area contributed by atoms with Crippen molar-refractivity contribution in [3.8, 4) is 0 Å². The van der Waals surface area contributed by atoms with Crippen LogP contribution in [0.3, 0.4) is 0 Å². The molecule has 2 aromatic rings. The van der Waals surface area contributed by atoms with E-state index in [1.54, 1.807) is 18.6 Å². The van der Waals surface area contributed by atoms with Crippen molar-refractivity contribution >= 4 is 6.03 Å². The third-order valence-electron chi connectivity index (χ3n) is 5.23. The smallest absolute Gasteiger partial charge is 0.317 e. The molecule has 2 aromatic heterocycles. The first kappa shape index (κ1) is 19.4. The quantitative estimate of drug-likeness (QED) is 0.774. The second-order valence-corrected chi connectivity index (χ2v) is 7.89. The van der Waals surface area contributed by atoms with Gasteiger partial charge < -0.3 is 19.7 Å². The van der Waals surface area contributed by atoms with Crippen LogP contribution in [0, 0.1) is 5.41 Å². The Morgan fingerprint density at radius 2 is 2.11 bits per heavy atom. The highest BCUT2D eigenvalue weighted by molar-refractivity contribution is 5.74. The molecule has 27 heavy (non-hydrogen) atoms. The number of amides is 2. The molecule has 3 rings (SSSR count). The summed E-state index contributed by atoms with van der Waals surface area (Å²) >= 11 is 0. The molecule has 0 spiro atoms. The number of carbonyl (C=O) groups is 1. The fraction of sp³-hybridized carbons (Fsp3) is 0.550. The molecule has 7 heteroatoms. The standard InChI is InChI=1S/C20H30N6O/c1-20(6-12-24(2)16-20)15-23-19(27)26(14-18-4-7-21-8-5-18)11-3-10-25-13-9-22-17-25/h4-5,7-9,13,17H,3,6,10-12,14-16H2,1-2H3,(H,23,27)/t20-/m1/s1. The van der Waals surface area contributed by atoms with Crippen LogP contribution in [-0.2, 0) is 13.1 Å². The van der Waals surface area contributed by atoms with Gasteiger partial charge in [-0.1, -0.05) is 6.92 Å². The van der Waals surface area contributed by atoms with Gasteiger partial charge in [0.05, 0.1) is 6.33 Å². The Morgan fingerprint density at radius 3 is 2.78 bits per heavy atom. The molecule has 0 saturated carbocycles. The van der Waals surface area contributed by atoms with Gasteiger partial charge in [0.2, 0.25) is 0 Å². The number of carbonyl (C=O) groups excluding carboxylic acids is 1. The Bertz CT molecular complexity index is 705. The predicted molar refractivity (Wildman–Crippen MR) is 105 cm³/mol. The lowest BCUT2D eigenvalue weighted by atomic mass is 9.90. The molecule has 7 nitrogen and oxygen atoms in total. The predicted octanol–water partition coefficient (Wildman–Crippen LogP) is 2.22. The van der Waals surface area contributed by atoms with Crippen molar-refractivity contribution in [2.75, 3.05) is 33.2 Å². The van der Waals surface area contributed by atoms with Crippen molar-refractivity contribution in [1.82, 2.24) is 29.7 Å². The van der Waals surface area contributed by atoms with E-state index < -0.39 is 0 Å². The van der Waals surface area contributed by atoms with Gasteiger partial charge >= 0.3 is 6.03 Å². The summed E-state index contributed by atoms with van der Waals surface area (Å²) in [6.07, 6.45) is 11.1. The molecule has 146 valence electrons. The number of nitrogens with one attached hydrogen (secondary N) is 1. The number of likely N-dealkylation sites (tertiary alicyclic amines) is 1. The number of aromatic nitrogens is 3. The summed E-state index contributed by atoms with van der Waals surface area (Å²) in [7, 11) is 2.14. The van der Waals surface area contributed by atoms with Crippen molar-refractivity contribution in [3.63, 3.8) is 0 Å². The van der Waals surface area contributed by atoms with Crippen LogP contribution in [0.25, 0.3) is 0 Å². The number of aryl methyl sites for hydroxylation is 1. The summed E-state index contributed by atoms with van der Waals surface area (Å²) in [6.45, 7) is 7.23. The van der Waals surface area contributed by atoms with Gasteiger partial charge in [0.15, 0.2) is 0 Å². The number of rotatable bonds is 8. The zero-order valence-corrected chi connectivity index (χ0v) is 16.3.